The maximum atomic E-state index is 4.71. The van der Waals surface area contributed by atoms with Crippen LogP contribution in [0.25, 0.3) is 11.4 Å². The molecule has 0 amide bonds. The van der Waals surface area contributed by atoms with Crippen molar-refractivity contribution in [3.63, 3.8) is 0 Å². The predicted octanol–water partition coefficient (Wildman–Crippen LogP) is 10.5. The third kappa shape index (κ3) is 11.1. The second-order valence-electron chi connectivity index (χ2n) is 11.6. The Bertz CT molecular complexity index is 787. The van der Waals surface area contributed by atoms with Crippen LogP contribution < -0.4 is 0 Å². The molecule has 1 aliphatic rings. The number of rotatable bonds is 18. The highest BCUT2D eigenvalue weighted by Crippen LogP contribution is 2.34. The maximum absolute atomic E-state index is 4.71. The molecule has 0 N–H and O–H groups in total. The normalized spacial score (nSPS) is 17.9. The van der Waals surface area contributed by atoms with Gasteiger partial charge < -0.3 is 0 Å². The van der Waals surface area contributed by atoms with Gasteiger partial charge in [0, 0.05) is 18.0 Å². The fourth-order valence-electron chi connectivity index (χ4n) is 5.96. The molecule has 2 nitrogen and oxygen atoms in total. The van der Waals surface area contributed by atoms with Gasteiger partial charge in [0.25, 0.3) is 0 Å². The minimum Gasteiger partial charge on any atom is -0.236 e. The number of hydrogen-bond acceptors (Lipinski definition) is 2. The first-order chi connectivity index (χ1) is 17.8. The van der Waals surface area contributed by atoms with Gasteiger partial charge in [0.1, 0.15) is 0 Å². The second kappa shape index (κ2) is 17.7. The quantitative estimate of drug-likeness (QED) is 0.194. The van der Waals surface area contributed by atoms with Gasteiger partial charge in [-0.3, -0.25) is 0 Å². The lowest BCUT2D eigenvalue weighted by molar-refractivity contribution is 0.248. The summed E-state index contributed by atoms with van der Waals surface area (Å²) in [6.07, 6.45) is 31.7. The van der Waals surface area contributed by atoms with Gasteiger partial charge in [-0.2, -0.15) is 0 Å². The van der Waals surface area contributed by atoms with E-state index in [1.165, 1.54) is 133 Å². The lowest BCUT2D eigenvalue weighted by atomic mass is 9.78. The van der Waals surface area contributed by atoms with Crippen LogP contribution >= 0.6 is 0 Å². The van der Waals surface area contributed by atoms with E-state index in [1.807, 2.05) is 0 Å². The number of nitrogens with zero attached hydrogens (tertiary/aromatic N) is 2. The zero-order valence-electron chi connectivity index (χ0n) is 23.7. The Balaban J connectivity index is 1.31. The summed E-state index contributed by atoms with van der Waals surface area (Å²) >= 11 is 0. The average molecular weight is 491 g/mol. The topological polar surface area (TPSA) is 25.8 Å². The van der Waals surface area contributed by atoms with Crippen LogP contribution in [0.1, 0.15) is 141 Å². The molecule has 1 aliphatic carbocycles. The highest BCUT2D eigenvalue weighted by Gasteiger charge is 2.20. The van der Waals surface area contributed by atoms with Crippen LogP contribution in [0.4, 0.5) is 0 Å². The summed E-state index contributed by atoms with van der Waals surface area (Å²) < 4.78 is 0. The number of aryl methyl sites for hydroxylation is 2. The first kappa shape index (κ1) is 28.9. The van der Waals surface area contributed by atoms with Crippen LogP contribution in [0.5, 0.6) is 0 Å². The van der Waals surface area contributed by atoms with Crippen molar-refractivity contribution in [1.29, 1.82) is 0 Å². The molecule has 3 rings (SSSR count). The van der Waals surface area contributed by atoms with E-state index < -0.39 is 0 Å². The molecule has 0 saturated heterocycles. The summed E-state index contributed by atoms with van der Waals surface area (Å²) in [5.74, 6) is 2.78. The Morgan fingerprint density at radius 1 is 0.556 bits per heavy atom. The summed E-state index contributed by atoms with van der Waals surface area (Å²) in [6, 6.07) is 8.94. The second-order valence-corrected chi connectivity index (χ2v) is 11.6. The molecule has 1 saturated carbocycles. The first-order valence-corrected chi connectivity index (χ1v) is 15.7. The van der Waals surface area contributed by atoms with E-state index in [4.69, 9.17) is 9.97 Å². The number of hydrogen-bond donors (Lipinski definition) is 0. The Labute approximate surface area is 223 Å². The molecule has 2 aromatic rings. The third-order valence-corrected chi connectivity index (χ3v) is 8.51. The summed E-state index contributed by atoms with van der Waals surface area (Å²) in [7, 11) is 0. The molecule has 0 spiro atoms. The maximum Gasteiger partial charge on any atom is 0.159 e. The van der Waals surface area contributed by atoms with Gasteiger partial charge in [-0.05, 0) is 48.6 Å². The van der Waals surface area contributed by atoms with Crippen molar-refractivity contribution in [3.05, 3.63) is 47.8 Å². The van der Waals surface area contributed by atoms with Crippen LogP contribution in [0.15, 0.2) is 36.7 Å². The Morgan fingerprint density at radius 3 is 1.69 bits per heavy atom. The molecule has 36 heavy (non-hydrogen) atoms. The fraction of sp³-hybridized carbons (Fsp3) is 0.706. The van der Waals surface area contributed by atoms with Crippen molar-refractivity contribution in [2.24, 2.45) is 11.8 Å². The van der Waals surface area contributed by atoms with Crippen LogP contribution in [0.2, 0.25) is 0 Å². The van der Waals surface area contributed by atoms with Crippen molar-refractivity contribution < 1.29 is 0 Å². The number of aromatic nitrogens is 2. The van der Waals surface area contributed by atoms with Crippen molar-refractivity contribution in [1.82, 2.24) is 9.97 Å². The van der Waals surface area contributed by atoms with Gasteiger partial charge in [0.05, 0.1) is 0 Å². The molecular weight excluding hydrogens is 436 g/mol. The SMILES string of the molecule is CCCCCCCCCc1ccc(-c2ncc(CCC3CCC(CCCCCCC)CC3)cn2)cc1. The molecule has 0 bridgehead atoms. The molecule has 1 aromatic carbocycles. The van der Waals surface area contributed by atoms with Crippen LogP contribution in [0, 0.1) is 11.8 Å². The van der Waals surface area contributed by atoms with E-state index in [1.54, 1.807) is 0 Å². The summed E-state index contributed by atoms with van der Waals surface area (Å²) in [5.41, 5.74) is 3.88. The summed E-state index contributed by atoms with van der Waals surface area (Å²) in [6.45, 7) is 4.59. The van der Waals surface area contributed by atoms with Gasteiger partial charge in [0.2, 0.25) is 0 Å². The van der Waals surface area contributed by atoms with Gasteiger partial charge in [-0.1, -0.05) is 141 Å². The fourth-order valence-corrected chi connectivity index (χ4v) is 5.96. The molecule has 1 heterocycles. The lowest BCUT2D eigenvalue weighted by Crippen LogP contribution is -2.15. The molecule has 0 unspecified atom stereocenters. The minimum atomic E-state index is 0.862. The Kier molecular flexibility index (Phi) is 14.2. The van der Waals surface area contributed by atoms with E-state index in [0.29, 0.717) is 0 Å². The monoisotopic (exact) mass is 490 g/mol. The molecule has 0 radical (unpaired) electrons. The zero-order chi connectivity index (χ0) is 25.3. The molecule has 200 valence electrons. The van der Waals surface area contributed by atoms with Gasteiger partial charge in [-0.25, -0.2) is 9.97 Å². The van der Waals surface area contributed by atoms with E-state index in [9.17, 15) is 0 Å². The Hall–Kier alpha value is -1.70. The van der Waals surface area contributed by atoms with Crippen LogP contribution in [0.3, 0.4) is 0 Å². The molecule has 1 aromatic heterocycles. The molecule has 0 atom stereocenters. The lowest BCUT2D eigenvalue weighted by Gasteiger charge is -2.28. The first-order valence-electron chi connectivity index (χ1n) is 15.7. The summed E-state index contributed by atoms with van der Waals surface area (Å²) in [4.78, 5) is 9.42. The molecule has 0 aliphatic heterocycles. The standard InChI is InChI=1S/C34H54N2/c1-3-5-7-9-10-12-14-16-30-23-25-33(26-24-30)34-35-27-32(28-36-34)22-21-31-19-17-29(18-20-31)15-13-11-8-6-4-2/h23-29,31H,3-22H2,1-2H3. The highest BCUT2D eigenvalue weighted by molar-refractivity contribution is 5.55. The Morgan fingerprint density at radius 2 is 1.08 bits per heavy atom. The third-order valence-electron chi connectivity index (χ3n) is 8.51. The summed E-state index contributed by atoms with van der Waals surface area (Å²) in [5, 5.41) is 0. The van der Waals surface area contributed by atoms with E-state index >= 15 is 0 Å². The van der Waals surface area contributed by atoms with E-state index in [-0.39, 0.29) is 0 Å². The number of unbranched alkanes of at least 4 members (excludes halogenated alkanes) is 10. The molecule has 1 fully saturated rings. The van der Waals surface area contributed by atoms with Crippen LogP contribution in [-0.4, -0.2) is 9.97 Å². The van der Waals surface area contributed by atoms with Crippen molar-refractivity contribution in [2.45, 2.75) is 142 Å². The van der Waals surface area contributed by atoms with Gasteiger partial charge in [-0.15, -0.1) is 0 Å². The van der Waals surface area contributed by atoms with Crippen molar-refractivity contribution in [2.75, 3.05) is 0 Å². The highest BCUT2D eigenvalue weighted by atomic mass is 14.9. The van der Waals surface area contributed by atoms with E-state index in [0.717, 1.165) is 29.6 Å². The van der Waals surface area contributed by atoms with Crippen LogP contribution in [-0.2, 0) is 12.8 Å². The predicted molar refractivity (Wildman–Crippen MR) is 156 cm³/mol. The molecular formula is C34H54N2. The smallest absolute Gasteiger partial charge is 0.159 e. The van der Waals surface area contributed by atoms with E-state index in [2.05, 4.69) is 50.5 Å². The largest absolute Gasteiger partial charge is 0.236 e. The minimum absolute atomic E-state index is 0.862. The number of benzene rings is 1. The average Bonchev–Trinajstić information content (AvgIpc) is 2.93. The van der Waals surface area contributed by atoms with Crippen molar-refractivity contribution in [3.8, 4) is 11.4 Å². The van der Waals surface area contributed by atoms with Crippen molar-refractivity contribution >= 4 is 0 Å². The molecule has 2 heteroatoms. The van der Waals surface area contributed by atoms with Gasteiger partial charge >= 0.3 is 0 Å². The van der Waals surface area contributed by atoms with Gasteiger partial charge in [0.15, 0.2) is 5.82 Å². The zero-order valence-corrected chi connectivity index (χ0v) is 23.7.